The van der Waals surface area contributed by atoms with E-state index in [1.54, 1.807) is 0 Å². The number of amides is 1. The molecule has 0 aliphatic carbocycles. The molecule has 1 heterocycles. The minimum atomic E-state index is -4.06. The highest BCUT2D eigenvalue weighted by atomic mass is 79.9. The van der Waals surface area contributed by atoms with E-state index in [-0.39, 0.29) is 4.90 Å². The van der Waals surface area contributed by atoms with Crippen LogP contribution in [-0.2, 0) is 24.3 Å². The number of nitrogen functional groups attached to an aromatic ring is 1. The van der Waals surface area contributed by atoms with Crippen molar-refractivity contribution in [2.45, 2.75) is 17.4 Å². The Bertz CT molecular complexity index is 776. The molecule has 2 rings (SSSR count). The molecule has 0 fully saturated rings. The lowest BCUT2D eigenvalue weighted by Crippen LogP contribution is -2.56. The molecule has 2 atom stereocenters. The van der Waals surface area contributed by atoms with Crippen LogP contribution in [-0.4, -0.2) is 46.8 Å². The summed E-state index contributed by atoms with van der Waals surface area (Å²) in [7, 11) is -1.34. The van der Waals surface area contributed by atoms with Gasteiger partial charge in [-0.3, -0.25) is 9.52 Å². The predicted octanol–water partition coefficient (Wildman–Crippen LogP) is 0.545. The van der Waals surface area contributed by atoms with Crippen molar-refractivity contribution in [3.63, 3.8) is 0 Å². The van der Waals surface area contributed by atoms with E-state index >= 15 is 0 Å². The molecule has 1 aromatic rings. The van der Waals surface area contributed by atoms with E-state index in [0.29, 0.717) is 14.6 Å². The van der Waals surface area contributed by atoms with Crippen molar-refractivity contribution in [2.24, 2.45) is 4.99 Å². The summed E-state index contributed by atoms with van der Waals surface area (Å²) >= 11 is 6.34. The summed E-state index contributed by atoms with van der Waals surface area (Å²) < 4.78 is 37.9. The molecule has 9 nitrogen and oxygen atoms in total. The van der Waals surface area contributed by atoms with Crippen LogP contribution in [0.1, 0.15) is 0 Å². The van der Waals surface area contributed by atoms with E-state index in [1.807, 2.05) is 0 Å². The van der Waals surface area contributed by atoms with Crippen LogP contribution < -0.4 is 15.8 Å². The van der Waals surface area contributed by atoms with Crippen LogP contribution in [0.3, 0.4) is 0 Å². The zero-order valence-electron chi connectivity index (χ0n) is 12.5. The summed E-state index contributed by atoms with van der Waals surface area (Å²) in [4.78, 5) is 15.8. The normalized spacial score (nSPS) is 21.2. The smallest absolute Gasteiger partial charge is 0.289 e. The van der Waals surface area contributed by atoms with Crippen molar-refractivity contribution in [1.82, 2.24) is 10.0 Å². The third-order valence-corrected chi connectivity index (χ3v) is 5.72. The maximum atomic E-state index is 12.5. The Labute approximate surface area is 155 Å². The molecular formula is C12H14Br2N4O5S. The minimum absolute atomic E-state index is 0.103. The lowest BCUT2D eigenvalue weighted by molar-refractivity contribution is -0.125. The highest BCUT2D eigenvalue weighted by Crippen LogP contribution is 2.31. The molecule has 0 radical (unpaired) electrons. The number of benzene rings is 1. The molecular weight excluding hydrogens is 472 g/mol. The van der Waals surface area contributed by atoms with Gasteiger partial charge in [-0.05, 0) is 44.0 Å². The van der Waals surface area contributed by atoms with E-state index in [0.717, 1.165) is 0 Å². The van der Waals surface area contributed by atoms with Gasteiger partial charge in [0.25, 0.3) is 15.9 Å². The van der Waals surface area contributed by atoms with Crippen LogP contribution in [0, 0.1) is 0 Å². The second kappa shape index (κ2) is 7.35. The zero-order chi connectivity index (χ0) is 18.1. The third-order valence-electron chi connectivity index (χ3n) is 3.09. The molecule has 1 aliphatic rings. The second-order valence-corrected chi connectivity index (χ2v) is 8.03. The van der Waals surface area contributed by atoms with E-state index in [4.69, 9.17) is 15.2 Å². The van der Waals surface area contributed by atoms with Gasteiger partial charge in [0.15, 0.2) is 12.5 Å². The summed E-state index contributed by atoms with van der Waals surface area (Å²) in [6.45, 7) is 0. The summed E-state index contributed by atoms with van der Waals surface area (Å²) in [5.74, 6) is -1.13. The van der Waals surface area contributed by atoms with Crippen LogP contribution in [0.15, 0.2) is 31.0 Å². The Hall–Kier alpha value is -1.21. The average Bonchev–Trinajstić information content (AvgIpc) is 2.53. The maximum absolute atomic E-state index is 12.5. The van der Waals surface area contributed by atoms with Gasteiger partial charge in [-0.2, -0.15) is 0 Å². The van der Waals surface area contributed by atoms with E-state index in [1.165, 1.54) is 26.4 Å². The Morgan fingerprint density at radius 1 is 1.25 bits per heavy atom. The number of hydrogen-bond acceptors (Lipinski definition) is 7. The van der Waals surface area contributed by atoms with Gasteiger partial charge in [0.05, 0.1) is 10.6 Å². The van der Waals surface area contributed by atoms with Crippen molar-refractivity contribution < 1.29 is 22.7 Å². The number of rotatable bonds is 4. The standard InChI is InChI=1S/C12H14Br2N4O5S/c1-22-11-12(23-2)17-10(19)9(16-11)18-24(20,21)5-3-6(13)8(15)7(14)4-5/h3-4,11-12H,15H2,1-2H3,(H,16,18)(H,17,19). The SMILES string of the molecule is COC1N=C(NS(=O)(=O)c2cc(Br)c(N)c(Br)c2)C(=O)NC1OC. The first kappa shape index (κ1) is 19.1. The van der Waals surface area contributed by atoms with Gasteiger partial charge in [-0.25, -0.2) is 13.4 Å². The second-order valence-electron chi connectivity index (χ2n) is 4.64. The van der Waals surface area contributed by atoms with Gasteiger partial charge in [0.2, 0.25) is 5.84 Å². The van der Waals surface area contributed by atoms with E-state index in [2.05, 4.69) is 46.9 Å². The minimum Gasteiger partial charge on any atom is -0.397 e. The number of anilines is 1. The lowest BCUT2D eigenvalue weighted by Gasteiger charge is -2.27. The van der Waals surface area contributed by atoms with Crippen molar-refractivity contribution in [2.75, 3.05) is 20.0 Å². The fraction of sp³-hybridized carbons (Fsp3) is 0.333. The number of aliphatic imine (C=N–C) groups is 1. The first-order chi connectivity index (χ1) is 11.2. The molecule has 1 aromatic carbocycles. The highest BCUT2D eigenvalue weighted by Gasteiger charge is 2.33. The molecule has 1 amide bonds. The maximum Gasteiger partial charge on any atom is 0.289 e. The fourth-order valence-electron chi connectivity index (χ4n) is 1.85. The van der Waals surface area contributed by atoms with Crippen LogP contribution in [0.25, 0.3) is 0 Å². The van der Waals surface area contributed by atoms with Gasteiger partial charge in [-0.15, -0.1) is 0 Å². The largest absolute Gasteiger partial charge is 0.397 e. The number of nitrogens with two attached hydrogens (primary N) is 1. The quantitative estimate of drug-likeness (QED) is 0.533. The number of methoxy groups -OCH3 is 2. The Kier molecular flexibility index (Phi) is 5.86. The summed E-state index contributed by atoms with van der Waals surface area (Å²) in [5, 5.41) is 2.44. The number of hydrogen-bond donors (Lipinski definition) is 3. The summed E-state index contributed by atoms with van der Waals surface area (Å²) in [6.07, 6.45) is -1.69. The number of carbonyl (C=O) groups is 1. The predicted molar refractivity (Wildman–Crippen MR) is 93.7 cm³/mol. The number of sulfonamides is 1. The topological polar surface area (TPSA) is 132 Å². The molecule has 1 aliphatic heterocycles. The van der Waals surface area contributed by atoms with Gasteiger partial charge in [0, 0.05) is 23.2 Å². The molecule has 0 bridgehead atoms. The van der Waals surface area contributed by atoms with Crippen LogP contribution in [0.5, 0.6) is 0 Å². The molecule has 0 saturated heterocycles. The first-order valence-electron chi connectivity index (χ1n) is 6.41. The Balaban J connectivity index is 2.35. The number of halogens is 2. The molecule has 132 valence electrons. The molecule has 12 heteroatoms. The Morgan fingerprint density at radius 2 is 1.83 bits per heavy atom. The van der Waals surface area contributed by atoms with Crippen molar-refractivity contribution in [1.29, 1.82) is 0 Å². The monoisotopic (exact) mass is 484 g/mol. The van der Waals surface area contributed by atoms with Crippen LogP contribution in [0.2, 0.25) is 0 Å². The van der Waals surface area contributed by atoms with Crippen LogP contribution >= 0.6 is 31.9 Å². The molecule has 0 saturated carbocycles. The number of amidine groups is 1. The third kappa shape index (κ3) is 3.88. The average molecular weight is 486 g/mol. The number of ether oxygens (including phenoxy) is 2. The van der Waals surface area contributed by atoms with Gasteiger partial charge < -0.3 is 20.5 Å². The van der Waals surface area contributed by atoms with E-state index < -0.39 is 34.2 Å². The zero-order valence-corrected chi connectivity index (χ0v) is 16.5. The van der Waals surface area contributed by atoms with E-state index in [9.17, 15) is 13.2 Å². The fourth-order valence-corrected chi connectivity index (χ4v) is 4.40. The van der Waals surface area contributed by atoms with Gasteiger partial charge in [0.1, 0.15) is 0 Å². The van der Waals surface area contributed by atoms with Crippen molar-refractivity contribution in [3.05, 3.63) is 21.1 Å². The highest BCUT2D eigenvalue weighted by molar-refractivity contribution is 9.11. The van der Waals surface area contributed by atoms with Crippen molar-refractivity contribution in [3.8, 4) is 0 Å². The first-order valence-corrected chi connectivity index (χ1v) is 9.48. The molecule has 2 unspecified atom stereocenters. The summed E-state index contributed by atoms with van der Waals surface area (Å²) in [5.41, 5.74) is 6.09. The van der Waals surface area contributed by atoms with Gasteiger partial charge >= 0.3 is 0 Å². The number of nitrogens with zero attached hydrogens (tertiary/aromatic N) is 1. The lowest BCUT2D eigenvalue weighted by atomic mass is 10.3. The summed E-state index contributed by atoms with van der Waals surface area (Å²) in [6, 6.07) is 2.63. The van der Waals surface area contributed by atoms with Crippen LogP contribution in [0.4, 0.5) is 5.69 Å². The molecule has 4 N–H and O–H groups in total. The molecule has 0 spiro atoms. The van der Waals surface area contributed by atoms with Crippen molar-refractivity contribution >= 4 is 59.3 Å². The Morgan fingerprint density at radius 3 is 2.33 bits per heavy atom. The number of nitrogens with one attached hydrogen (secondary N) is 2. The molecule has 0 aromatic heterocycles. The van der Waals surface area contributed by atoms with Gasteiger partial charge in [-0.1, -0.05) is 0 Å². The molecule has 24 heavy (non-hydrogen) atoms. The number of carbonyl (C=O) groups excluding carboxylic acids is 1.